The minimum absolute atomic E-state index is 0.162. The summed E-state index contributed by atoms with van der Waals surface area (Å²) in [4.78, 5) is 12.8. The number of Topliss-reactive ketones (excluding diaryl/α,β-unsaturated/α-hetero) is 1. The topological polar surface area (TPSA) is 137 Å². The van der Waals surface area contributed by atoms with Crippen molar-refractivity contribution in [2.24, 2.45) is 5.92 Å². The van der Waals surface area contributed by atoms with Crippen LogP contribution in [0.2, 0.25) is 0 Å². The number of aliphatic hydroxyl groups excluding tert-OH is 5. The third-order valence-corrected chi connectivity index (χ3v) is 5.53. The molecule has 8 heteroatoms. The van der Waals surface area contributed by atoms with Gasteiger partial charge in [-0.3, -0.25) is 4.79 Å². The zero-order valence-electron chi connectivity index (χ0n) is 15.5. The van der Waals surface area contributed by atoms with Crippen LogP contribution >= 0.6 is 0 Å². The third-order valence-electron chi connectivity index (χ3n) is 5.53. The first-order valence-corrected chi connectivity index (χ1v) is 8.97. The monoisotopic (exact) mass is 382 g/mol. The van der Waals surface area contributed by atoms with Crippen molar-refractivity contribution in [1.29, 1.82) is 0 Å². The van der Waals surface area contributed by atoms with Gasteiger partial charge in [-0.15, -0.1) is 0 Å². The molecule has 0 spiro atoms. The molecule has 1 heterocycles. The Bertz CT molecular complexity index is 733. The van der Waals surface area contributed by atoms with Crippen LogP contribution in [-0.4, -0.2) is 69.1 Å². The van der Waals surface area contributed by atoms with E-state index in [4.69, 9.17) is 9.47 Å². The van der Waals surface area contributed by atoms with Gasteiger partial charge in [0.25, 0.3) is 0 Å². The third kappa shape index (κ3) is 3.31. The summed E-state index contributed by atoms with van der Waals surface area (Å²) >= 11 is 0. The van der Waals surface area contributed by atoms with Gasteiger partial charge in [0.05, 0.1) is 25.2 Å². The van der Waals surface area contributed by atoms with Gasteiger partial charge in [0.2, 0.25) is 0 Å². The molecule has 2 aliphatic rings. The van der Waals surface area contributed by atoms with Gasteiger partial charge >= 0.3 is 0 Å². The molecule has 0 aromatic heterocycles. The maximum absolute atomic E-state index is 12.8. The molecule has 0 amide bonds. The van der Waals surface area contributed by atoms with Crippen LogP contribution < -0.4 is 0 Å². The van der Waals surface area contributed by atoms with Crippen LogP contribution in [0.25, 0.3) is 0 Å². The van der Waals surface area contributed by atoms with Crippen molar-refractivity contribution in [1.82, 2.24) is 0 Å². The lowest BCUT2D eigenvalue weighted by Crippen LogP contribution is -2.54. The summed E-state index contributed by atoms with van der Waals surface area (Å²) in [6, 6.07) is 1.74. The van der Waals surface area contributed by atoms with E-state index in [-0.39, 0.29) is 12.4 Å². The summed E-state index contributed by atoms with van der Waals surface area (Å²) in [6.07, 6.45) is -7.02. The maximum atomic E-state index is 12.8. The Morgan fingerprint density at radius 2 is 1.93 bits per heavy atom. The van der Waals surface area contributed by atoms with Crippen molar-refractivity contribution in [3.63, 3.8) is 0 Å². The molecule has 1 aromatic rings. The van der Waals surface area contributed by atoms with Gasteiger partial charge in [-0.25, -0.2) is 0 Å². The van der Waals surface area contributed by atoms with Crippen molar-refractivity contribution in [3.05, 3.63) is 33.9 Å². The molecule has 1 saturated heterocycles. The number of ether oxygens (including phenoxy) is 2. The average molecular weight is 382 g/mol. The van der Waals surface area contributed by atoms with E-state index < -0.39 is 49.3 Å². The fourth-order valence-corrected chi connectivity index (χ4v) is 4.05. The van der Waals surface area contributed by atoms with E-state index in [1.165, 1.54) is 0 Å². The van der Waals surface area contributed by atoms with E-state index in [9.17, 15) is 30.3 Å². The van der Waals surface area contributed by atoms with Gasteiger partial charge in [-0.1, -0.05) is 13.0 Å². The molecule has 27 heavy (non-hydrogen) atoms. The summed E-state index contributed by atoms with van der Waals surface area (Å²) < 4.78 is 11.2. The second-order valence-corrected chi connectivity index (χ2v) is 7.35. The van der Waals surface area contributed by atoms with Crippen LogP contribution in [0.5, 0.6) is 0 Å². The Hall–Kier alpha value is -1.39. The summed E-state index contributed by atoms with van der Waals surface area (Å²) in [7, 11) is 0. The van der Waals surface area contributed by atoms with E-state index in [0.29, 0.717) is 27.8 Å². The van der Waals surface area contributed by atoms with Gasteiger partial charge < -0.3 is 35.0 Å². The number of rotatable bonds is 4. The summed E-state index contributed by atoms with van der Waals surface area (Å²) in [5.41, 5.74) is 2.88. The number of ketones is 1. The lowest BCUT2D eigenvalue weighted by atomic mass is 9.91. The van der Waals surface area contributed by atoms with Crippen molar-refractivity contribution < 1.29 is 39.8 Å². The largest absolute Gasteiger partial charge is 0.393 e. The molecule has 0 radical (unpaired) electrons. The molecule has 7 atom stereocenters. The Balaban J connectivity index is 1.96. The average Bonchev–Trinajstić information content (AvgIpc) is 2.86. The molecule has 0 unspecified atom stereocenters. The zero-order chi connectivity index (χ0) is 20.0. The molecule has 3 rings (SSSR count). The Morgan fingerprint density at radius 3 is 2.56 bits per heavy atom. The first-order chi connectivity index (χ1) is 12.7. The smallest absolute Gasteiger partial charge is 0.186 e. The standard InChI is InChI=1S/C19H26O8/c1-7-4-10-14(8(2)13(7)11(21)5-20)15(23)9(3)18(10)27-19-17(25)16(24)12(22)6-26-19/h4,9,11-12,16-22,24-25H,5-6H2,1-3H3/t9-,11-,12-,16-,17+,18+,19-/m0/s1. The van der Waals surface area contributed by atoms with Gasteiger partial charge in [0.1, 0.15) is 24.4 Å². The van der Waals surface area contributed by atoms with Crippen LogP contribution in [0.4, 0.5) is 0 Å². The molecule has 1 aliphatic carbocycles. The van der Waals surface area contributed by atoms with Crippen molar-refractivity contribution >= 4 is 5.78 Å². The number of aryl methyl sites for hydroxylation is 1. The Kier molecular flexibility index (Phi) is 5.69. The zero-order valence-corrected chi connectivity index (χ0v) is 15.5. The van der Waals surface area contributed by atoms with E-state index in [1.807, 2.05) is 0 Å². The molecular formula is C19H26O8. The van der Waals surface area contributed by atoms with Crippen LogP contribution in [0.3, 0.4) is 0 Å². The molecule has 0 bridgehead atoms. The molecule has 5 N–H and O–H groups in total. The van der Waals surface area contributed by atoms with Crippen LogP contribution in [0.15, 0.2) is 6.07 Å². The summed E-state index contributed by atoms with van der Waals surface area (Å²) in [6.45, 7) is 4.55. The number of benzene rings is 1. The van der Waals surface area contributed by atoms with Crippen LogP contribution in [0.1, 0.15) is 51.7 Å². The van der Waals surface area contributed by atoms with E-state index in [2.05, 4.69) is 0 Å². The highest BCUT2D eigenvalue weighted by Crippen LogP contribution is 2.44. The Labute approximate surface area is 157 Å². The second kappa shape index (κ2) is 7.56. The van der Waals surface area contributed by atoms with Crippen molar-refractivity contribution in [3.8, 4) is 0 Å². The quantitative estimate of drug-likeness (QED) is 0.477. The first kappa shape index (κ1) is 20.3. The number of fused-ring (bicyclic) bond motifs is 1. The first-order valence-electron chi connectivity index (χ1n) is 8.97. The highest BCUT2D eigenvalue weighted by Gasteiger charge is 2.45. The van der Waals surface area contributed by atoms with Crippen LogP contribution in [0, 0.1) is 19.8 Å². The van der Waals surface area contributed by atoms with Gasteiger partial charge in [-0.05, 0) is 36.1 Å². The molecule has 1 aliphatic heterocycles. The predicted molar refractivity (Wildman–Crippen MR) is 93.0 cm³/mol. The fraction of sp³-hybridized carbons (Fsp3) is 0.632. The Morgan fingerprint density at radius 1 is 1.26 bits per heavy atom. The molecule has 1 aromatic carbocycles. The van der Waals surface area contributed by atoms with Gasteiger partial charge in [0.15, 0.2) is 12.1 Å². The van der Waals surface area contributed by atoms with Gasteiger partial charge in [0, 0.05) is 5.56 Å². The van der Waals surface area contributed by atoms with E-state index in [1.54, 1.807) is 26.8 Å². The minimum Gasteiger partial charge on any atom is -0.393 e. The number of hydrogen-bond donors (Lipinski definition) is 5. The van der Waals surface area contributed by atoms with Crippen molar-refractivity contribution in [2.45, 2.75) is 57.6 Å². The highest BCUT2D eigenvalue weighted by molar-refractivity contribution is 6.04. The second-order valence-electron chi connectivity index (χ2n) is 7.35. The van der Waals surface area contributed by atoms with E-state index in [0.717, 1.165) is 0 Å². The summed E-state index contributed by atoms with van der Waals surface area (Å²) in [5, 5.41) is 48.9. The fourth-order valence-electron chi connectivity index (χ4n) is 4.05. The highest BCUT2D eigenvalue weighted by atomic mass is 16.7. The molecule has 0 saturated carbocycles. The number of carbonyl (C=O) groups excluding carboxylic acids is 1. The minimum atomic E-state index is -1.45. The van der Waals surface area contributed by atoms with E-state index >= 15 is 0 Å². The lowest BCUT2D eigenvalue weighted by Gasteiger charge is -2.36. The maximum Gasteiger partial charge on any atom is 0.186 e. The number of carbonyl (C=O) groups is 1. The summed E-state index contributed by atoms with van der Waals surface area (Å²) in [5.74, 6) is -0.718. The molecule has 8 nitrogen and oxygen atoms in total. The molecular weight excluding hydrogens is 356 g/mol. The normalized spacial score (nSPS) is 34.6. The van der Waals surface area contributed by atoms with Crippen LogP contribution in [-0.2, 0) is 9.47 Å². The SMILES string of the molecule is Cc1cc2c(c(C)c1[C@@H](O)CO)C(=O)[C@H](C)[C@H]2O[C@@H]1OC[C@H](O)[C@H](O)[C@H]1O. The lowest BCUT2D eigenvalue weighted by molar-refractivity contribution is -0.285. The predicted octanol–water partition coefficient (Wildman–Crippen LogP) is -0.342. The number of aliphatic hydroxyl groups is 5. The molecule has 1 fully saturated rings. The molecule has 150 valence electrons. The number of hydrogen-bond acceptors (Lipinski definition) is 8. The van der Waals surface area contributed by atoms with Crippen molar-refractivity contribution in [2.75, 3.05) is 13.2 Å². The van der Waals surface area contributed by atoms with Gasteiger partial charge in [-0.2, -0.15) is 0 Å².